The summed E-state index contributed by atoms with van der Waals surface area (Å²) in [6.45, 7) is 2.50. The highest BCUT2D eigenvalue weighted by Crippen LogP contribution is 2.24. The smallest absolute Gasteiger partial charge is 0.326 e. The van der Waals surface area contributed by atoms with Gasteiger partial charge in [0.1, 0.15) is 6.04 Å². The monoisotopic (exact) mass is 283 g/mol. The predicted molar refractivity (Wildman–Crippen MR) is 71.1 cm³/mol. The van der Waals surface area contributed by atoms with Crippen molar-refractivity contribution < 1.29 is 19.5 Å². The number of aliphatic carboxylic acids is 1. The zero-order valence-corrected chi connectivity index (χ0v) is 11.6. The Kier molecular flexibility index (Phi) is 4.46. The Morgan fingerprint density at radius 2 is 1.95 bits per heavy atom. The lowest BCUT2D eigenvalue weighted by atomic mass is 10.0. The third-order valence-corrected chi connectivity index (χ3v) is 3.78. The molecule has 7 nitrogen and oxygen atoms in total. The van der Waals surface area contributed by atoms with Crippen molar-refractivity contribution in [3.8, 4) is 0 Å². The minimum Gasteiger partial charge on any atom is -0.480 e. The second-order valence-electron chi connectivity index (χ2n) is 5.57. The average molecular weight is 283 g/mol. The van der Waals surface area contributed by atoms with E-state index in [4.69, 9.17) is 5.11 Å². The number of rotatable bonds is 5. The van der Waals surface area contributed by atoms with Crippen LogP contribution in [0.15, 0.2) is 0 Å². The summed E-state index contributed by atoms with van der Waals surface area (Å²) in [7, 11) is 0. The number of carboxylic acids is 1. The molecule has 2 aliphatic rings. The van der Waals surface area contributed by atoms with Gasteiger partial charge in [-0.1, -0.05) is 6.92 Å². The number of hydrogen-bond acceptors (Lipinski definition) is 3. The molecule has 0 aromatic heterocycles. The molecule has 2 atom stereocenters. The zero-order valence-electron chi connectivity index (χ0n) is 11.6. The molecule has 0 radical (unpaired) electrons. The normalized spacial score (nSPS) is 25.4. The van der Waals surface area contributed by atoms with Crippen LogP contribution < -0.4 is 10.6 Å². The molecule has 0 spiro atoms. The van der Waals surface area contributed by atoms with E-state index in [-0.39, 0.29) is 24.8 Å². The number of carboxylic acid groups (broad SMARTS) is 1. The van der Waals surface area contributed by atoms with Crippen LogP contribution in [0.1, 0.15) is 32.6 Å². The van der Waals surface area contributed by atoms with Crippen LogP contribution in [-0.2, 0) is 9.59 Å². The summed E-state index contributed by atoms with van der Waals surface area (Å²) in [5.41, 5.74) is 0. The summed E-state index contributed by atoms with van der Waals surface area (Å²) >= 11 is 0. The van der Waals surface area contributed by atoms with Gasteiger partial charge in [-0.05, 0) is 25.2 Å². The number of carbonyl (C=O) groups excluding carboxylic acids is 2. The van der Waals surface area contributed by atoms with E-state index in [1.54, 1.807) is 0 Å². The van der Waals surface area contributed by atoms with Crippen LogP contribution in [-0.4, -0.2) is 53.1 Å². The Labute approximate surface area is 117 Å². The van der Waals surface area contributed by atoms with Crippen molar-refractivity contribution in [2.45, 2.75) is 44.7 Å². The molecule has 1 saturated carbocycles. The Morgan fingerprint density at radius 1 is 1.25 bits per heavy atom. The van der Waals surface area contributed by atoms with Gasteiger partial charge in [-0.3, -0.25) is 4.79 Å². The molecule has 112 valence electrons. The van der Waals surface area contributed by atoms with Crippen LogP contribution in [0.25, 0.3) is 0 Å². The SMILES string of the molecule is CC1CCN(C(=O)NCCC(=O)NC2CC2)C1C(=O)O. The van der Waals surface area contributed by atoms with Gasteiger partial charge in [-0.15, -0.1) is 0 Å². The second-order valence-corrected chi connectivity index (χ2v) is 5.57. The number of nitrogens with one attached hydrogen (secondary N) is 2. The van der Waals surface area contributed by atoms with E-state index in [1.807, 2.05) is 6.92 Å². The van der Waals surface area contributed by atoms with Gasteiger partial charge in [-0.25, -0.2) is 9.59 Å². The van der Waals surface area contributed by atoms with Gasteiger partial charge in [0.05, 0.1) is 0 Å². The van der Waals surface area contributed by atoms with E-state index in [9.17, 15) is 14.4 Å². The molecule has 20 heavy (non-hydrogen) atoms. The number of hydrogen-bond donors (Lipinski definition) is 3. The third kappa shape index (κ3) is 3.61. The molecule has 3 N–H and O–H groups in total. The maximum Gasteiger partial charge on any atom is 0.326 e. The molecule has 0 aromatic rings. The molecule has 2 unspecified atom stereocenters. The van der Waals surface area contributed by atoms with E-state index in [2.05, 4.69) is 10.6 Å². The Balaban J connectivity index is 1.73. The minimum atomic E-state index is -0.975. The van der Waals surface area contributed by atoms with Gasteiger partial charge in [0.25, 0.3) is 0 Å². The highest BCUT2D eigenvalue weighted by atomic mass is 16.4. The van der Waals surface area contributed by atoms with Crippen LogP contribution in [0.3, 0.4) is 0 Å². The largest absolute Gasteiger partial charge is 0.480 e. The summed E-state index contributed by atoms with van der Waals surface area (Å²) in [5, 5.41) is 14.6. The van der Waals surface area contributed by atoms with Crippen LogP contribution in [0.5, 0.6) is 0 Å². The van der Waals surface area contributed by atoms with E-state index >= 15 is 0 Å². The van der Waals surface area contributed by atoms with Crippen LogP contribution >= 0.6 is 0 Å². The summed E-state index contributed by atoms with van der Waals surface area (Å²) in [6.07, 6.45) is 2.98. The van der Waals surface area contributed by atoms with E-state index < -0.39 is 18.0 Å². The molecule has 2 fully saturated rings. The number of carbonyl (C=O) groups is 3. The van der Waals surface area contributed by atoms with Gasteiger partial charge in [0.2, 0.25) is 5.91 Å². The maximum atomic E-state index is 11.9. The molecule has 1 aliphatic carbocycles. The van der Waals surface area contributed by atoms with Crippen molar-refractivity contribution in [2.75, 3.05) is 13.1 Å². The first kappa shape index (κ1) is 14.6. The van der Waals surface area contributed by atoms with Gasteiger partial charge >= 0.3 is 12.0 Å². The summed E-state index contributed by atoms with van der Waals surface area (Å²) in [4.78, 5) is 35.9. The molecule has 0 bridgehead atoms. The van der Waals surface area contributed by atoms with Gasteiger partial charge in [0, 0.05) is 25.6 Å². The highest BCUT2D eigenvalue weighted by Gasteiger charge is 2.39. The Hall–Kier alpha value is -1.79. The molecule has 1 aliphatic heterocycles. The zero-order chi connectivity index (χ0) is 14.7. The lowest BCUT2D eigenvalue weighted by Gasteiger charge is -2.23. The molecule has 7 heteroatoms. The van der Waals surface area contributed by atoms with Crippen LogP contribution in [0.4, 0.5) is 4.79 Å². The van der Waals surface area contributed by atoms with Crippen LogP contribution in [0, 0.1) is 5.92 Å². The highest BCUT2D eigenvalue weighted by molar-refractivity contribution is 5.84. The quantitative estimate of drug-likeness (QED) is 0.669. The summed E-state index contributed by atoms with van der Waals surface area (Å²) < 4.78 is 0. The van der Waals surface area contributed by atoms with Gasteiger partial charge in [-0.2, -0.15) is 0 Å². The summed E-state index contributed by atoms with van der Waals surface area (Å²) in [6, 6.07) is -0.856. The first-order valence-electron chi connectivity index (χ1n) is 7.05. The number of urea groups is 1. The molecule has 1 heterocycles. The van der Waals surface area contributed by atoms with Crippen molar-refractivity contribution in [3.05, 3.63) is 0 Å². The molecule has 2 rings (SSSR count). The van der Waals surface area contributed by atoms with Gasteiger partial charge in [0.15, 0.2) is 0 Å². The van der Waals surface area contributed by atoms with Crippen molar-refractivity contribution >= 4 is 17.9 Å². The second kappa shape index (κ2) is 6.11. The molecule has 1 saturated heterocycles. The topological polar surface area (TPSA) is 98.7 Å². The van der Waals surface area contributed by atoms with Crippen LogP contribution in [0.2, 0.25) is 0 Å². The fourth-order valence-electron chi connectivity index (χ4n) is 2.46. The molecule has 3 amide bonds. The molecule has 0 aromatic carbocycles. The Bertz CT molecular complexity index is 408. The lowest BCUT2D eigenvalue weighted by molar-refractivity contribution is -0.142. The lowest BCUT2D eigenvalue weighted by Crippen LogP contribution is -2.48. The fraction of sp³-hybridized carbons (Fsp3) is 0.769. The predicted octanol–water partition coefficient (Wildman–Crippen LogP) is 0.160. The average Bonchev–Trinajstić information content (AvgIpc) is 3.08. The van der Waals surface area contributed by atoms with E-state index in [0.717, 1.165) is 12.8 Å². The van der Waals surface area contributed by atoms with Crippen molar-refractivity contribution in [2.24, 2.45) is 5.92 Å². The van der Waals surface area contributed by atoms with Crippen molar-refractivity contribution in [3.63, 3.8) is 0 Å². The number of nitrogens with zero attached hydrogens (tertiary/aromatic N) is 1. The Morgan fingerprint density at radius 3 is 2.55 bits per heavy atom. The maximum absolute atomic E-state index is 11.9. The fourth-order valence-corrected chi connectivity index (χ4v) is 2.46. The standard InChI is InChI=1S/C13H21N3O4/c1-8-5-7-16(11(8)12(18)19)13(20)14-6-4-10(17)15-9-2-3-9/h8-9,11H,2-7H2,1H3,(H,14,20)(H,15,17)(H,18,19). The van der Waals surface area contributed by atoms with Gasteiger partial charge < -0.3 is 20.6 Å². The first-order chi connectivity index (χ1) is 9.49. The number of likely N-dealkylation sites (tertiary alicyclic amines) is 1. The first-order valence-corrected chi connectivity index (χ1v) is 7.05. The summed E-state index contributed by atoms with van der Waals surface area (Å²) in [5.74, 6) is -1.09. The van der Waals surface area contributed by atoms with Crippen molar-refractivity contribution in [1.29, 1.82) is 0 Å². The minimum absolute atomic E-state index is 0.0450. The number of amides is 3. The van der Waals surface area contributed by atoms with E-state index in [1.165, 1.54) is 4.90 Å². The molecular weight excluding hydrogens is 262 g/mol. The molecular formula is C13H21N3O4. The van der Waals surface area contributed by atoms with Crippen molar-refractivity contribution in [1.82, 2.24) is 15.5 Å². The van der Waals surface area contributed by atoms with E-state index in [0.29, 0.717) is 19.0 Å². The third-order valence-electron chi connectivity index (χ3n) is 3.78.